The van der Waals surface area contributed by atoms with Gasteiger partial charge in [-0.2, -0.15) is 0 Å². The van der Waals surface area contributed by atoms with Gasteiger partial charge >= 0.3 is 0 Å². The first-order chi connectivity index (χ1) is 11.4. The number of amides is 1. The van der Waals surface area contributed by atoms with Crippen molar-refractivity contribution in [2.24, 2.45) is 0 Å². The zero-order valence-corrected chi connectivity index (χ0v) is 13.8. The van der Waals surface area contributed by atoms with Gasteiger partial charge < -0.3 is 10.6 Å². The van der Waals surface area contributed by atoms with E-state index in [1.165, 1.54) is 0 Å². The van der Waals surface area contributed by atoms with Crippen molar-refractivity contribution in [3.8, 4) is 0 Å². The molecule has 0 spiro atoms. The minimum Gasteiger partial charge on any atom is -0.322 e. The van der Waals surface area contributed by atoms with Gasteiger partial charge in [-0.3, -0.25) is 4.79 Å². The molecule has 0 saturated carbocycles. The third-order valence-electron chi connectivity index (χ3n) is 3.18. The molecule has 0 aliphatic heterocycles. The van der Waals surface area contributed by atoms with E-state index in [9.17, 15) is 18.0 Å². The number of hydrogen-bond acceptors (Lipinski definition) is 2. The highest BCUT2D eigenvalue weighted by Crippen LogP contribution is 2.21. The van der Waals surface area contributed by atoms with Gasteiger partial charge in [-0.05, 0) is 42.8 Å². The molecule has 0 aromatic heterocycles. The van der Waals surface area contributed by atoms with Crippen molar-refractivity contribution in [2.45, 2.75) is 6.42 Å². The highest BCUT2D eigenvalue weighted by Gasteiger charge is 2.14. The van der Waals surface area contributed by atoms with E-state index in [-0.39, 0.29) is 6.54 Å². The molecule has 0 atom stereocenters. The Morgan fingerprint density at radius 3 is 2.50 bits per heavy atom. The van der Waals surface area contributed by atoms with Crippen molar-refractivity contribution < 1.29 is 18.0 Å². The van der Waals surface area contributed by atoms with Crippen LogP contribution in [0.1, 0.15) is 5.56 Å². The highest BCUT2D eigenvalue weighted by molar-refractivity contribution is 6.35. The standard InChI is InChI=1S/C16H13Cl2F3N2O/c17-10-2-1-9(11(18)7-10)5-6-22-8-14(24)23-13-4-3-12(19)15(20)16(13)21/h1-4,7,22H,5-6,8H2,(H,23,24). The molecular weight excluding hydrogens is 364 g/mol. The molecule has 2 aromatic carbocycles. The van der Waals surface area contributed by atoms with E-state index in [1.807, 2.05) is 0 Å². The monoisotopic (exact) mass is 376 g/mol. The Kier molecular flexibility index (Phi) is 6.48. The van der Waals surface area contributed by atoms with E-state index in [4.69, 9.17) is 23.2 Å². The van der Waals surface area contributed by atoms with Crippen LogP contribution in [0.5, 0.6) is 0 Å². The molecule has 0 unspecified atom stereocenters. The maximum Gasteiger partial charge on any atom is 0.238 e. The summed E-state index contributed by atoms with van der Waals surface area (Å²) in [7, 11) is 0. The second-order valence-corrected chi connectivity index (χ2v) is 5.78. The first kappa shape index (κ1) is 18.6. The first-order valence-corrected chi connectivity index (χ1v) is 7.72. The Morgan fingerprint density at radius 1 is 1.04 bits per heavy atom. The van der Waals surface area contributed by atoms with E-state index < -0.39 is 29.0 Å². The molecule has 0 saturated heterocycles. The van der Waals surface area contributed by atoms with Crippen molar-refractivity contribution in [2.75, 3.05) is 18.4 Å². The van der Waals surface area contributed by atoms with Crippen molar-refractivity contribution in [1.82, 2.24) is 5.32 Å². The molecule has 1 amide bonds. The number of hydrogen-bond donors (Lipinski definition) is 2. The number of rotatable bonds is 6. The van der Waals surface area contributed by atoms with Crippen LogP contribution in [-0.4, -0.2) is 19.0 Å². The average molecular weight is 377 g/mol. The van der Waals surface area contributed by atoms with Crippen molar-refractivity contribution in [3.05, 3.63) is 63.4 Å². The molecule has 128 valence electrons. The number of nitrogens with one attached hydrogen (secondary N) is 2. The van der Waals surface area contributed by atoms with Crippen LogP contribution < -0.4 is 10.6 Å². The highest BCUT2D eigenvalue weighted by atomic mass is 35.5. The molecule has 0 heterocycles. The Morgan fingerprint density at radius 2 is 1.79 bits per heavy atom. The Bertz CT molecular complexity index is 756. The Hall–Kier alpha value is -1.76. The lowest BCUT2D eigenvalue weighted by molar-refractivity contribution is -0.115. The van der Waals surface area contributed by atoms with Gasteiger partial charge in [0.25, 0.3) is 0 Å². The van der Waals surface area contributed by atoms with Gasteiger partial charge in [-0.25, -0.2) is 13.2 Å². The maximum absolute atomic E-state index is 13.4. The third-order valence-corrected chi connectivity index (χ3v) is 3.77. The lowest BCUT2D eigenvalue weighted by Gasteiger charge is -2.09. The molecule has 2 rings (SSSR count). The van der Waals surface area contributed by atoms with Gasteiger partial charge in [-0.1, -0.05) is 29.3 Å². The summed E-state index contributed by atoms with van der Waals surface area (Å²) < 4.78 is 39.3. The number of halogens is 5. The molecule has 0 aliphatic carbocycles. The summed E-state index contributed by atoms with van der Waals surface area (Å²) in [6.45, 7) is 0.318. The van der Waals surface area contributed by atoms with Crippen molar-refractivity contribution in [3.63, 3.8) is 0 Å². The summed E-state index contributed by atoms with van der Waals surface area (Å²) in [5.41, 5.74) is 0.446. The summed E-state index contributed by atoms with van der Waals surface area (Å²) >= 11 is 11.8. The number of carbonyl (C=O) groups excluding carboxylic acids is 1. The molecule has 0 bridgehead atoms. The van der Waals surface area contributed by atoms with Crippen LogP contribution in [0.15, 0.2) is 30.3 Å². The first-order valence-electron chi connectivity index (χ1n) is 6.96. The van der Waals surface area contributed by atoms with Crippen LogP contribution >= 0.6 is 23.2 Å². The van der Waals surface area contributed by atoms with Crippen molar-refractivity contribution in [1.29, 1.82) is 0 Å². The second kappa shape index (κ2) is 8.37. The van der Waals surface area contributed by atoms with Gasteiger partial charge in [0.15, 0.2) is 17.5 Å². The molecule has 0 radical (unpaired) electrons. The average Bonchev–Trinajstić information content (AvgIpc) is 2.54. The molecule has 24 heavy (non-hydrogen) atoms. The summed E-state index contributed by atoms with van der Waals surface area (Å²) in [6, 6.07) is 6.81. The SMILES string of the molecule is O=C(CNCCc1ccc(Cl)cc1Cl)Nc1ccc(F)c(F)c1F. The smallest absolute Gasteiger partial charge is 0.238 e. The Labute approximate surface area is 146 Å². The number of benzene rings is 2. The van der Waals surface area contributed by atoms with Crippen LogP contribution in [0.2, 0.25) is 10.0 Å². The van der Waals surface area contributed by atoms with Gasteiger partial charge in [0, 0.05) is 10.0 Å². The molecular formula is C16H13Cl2F3N2O. The fraction of sp³-hybridized carbons (Fsp3) is 0.188. The van der Waals surface area contributed by atoms with Crippen LogP contribution in [-0.2, 0) is 11.2 Å². The Balaban J connectivity index is 1.80. The van der Waals surface area contributed by atoms with Crippen LogP contribution in [0.3, 0.4) is 0 Å². The molecule has 2 aromatic rings. The van der Waals surface area contributed by atoms with Crippen LogP contribution in [0.25, 0.3) is 0 Å². The third kappa shape index (κ3) is 4.87. The quantitative estimate of drug-likeness (QED) is 0.586. The van der Waals surface area contributed by atoms with Crippen LogP contribution in [0.4, 0.5) is 18.9 Å². The molecule has 3 nitrogen and oxygen atoms in total. The fourth-order valence-corrected chi connectivity index (χ4v) is 2.47. The van der Waals surface area contributed by atoms with Gasteiger partial charge in [0.1, 0.15) is 0 Å². The molecule has 0 aliphatic rings. The number of anilines is 1. The molecule has 0 fully saturated rings. The van der Waals surface area contributed by atoms with E-state index in [1.54, 1.807) is 18.2 Å². The van der Waals surface area contributed by atoms with Gasteiger partial charge in [-0.15, -0.1) is 0 Å². The topological polar surface area (TPSA) is 41.1 Å². The van der Waals surface area contributed by atoms with Crippen molar-refractivity contribution >= 4 is 34.8 Å². The van der Waals surface area contributed by atoms with Crippen LogP contribution in [0, 0.1) is 17.5 Å². The predicted octanol–water partition coefficient (Wildman–Crippen LogP) is 4.18. The van der Waals surface area contributed by atoms with E-state index >= 15 is 0 Å². The summed E-state index contributed by atoms with van der Waals surface area (Å²) in [6.07, 6.45) is 0.558. The number of carbonyl (C=O) groups is 1. The van der Waals surface area contributed by atoms with E-state index in [2.05, 4.69) is 10.6 Å². The van der Waals surface area contributed by atoms with E-state index in [0.29, 0.717) is 23.0 Å². The maximum atomic E-state index is 13.4. The molecule has 8 heteroatoms. The van der Waals surface area contributed by atoms with Gasteiger partial charge in [0.05, 0.1) is 12.2 Å². The summed E-state index contributed by atoms with van der Waals surface area (Å²) in [4.78, 5) is 11.7. The molecule has 2 N–H and O–H groups in total. The zero-order chi connectivity index (χ0) is 17.7. The normalized spacial score (nSPS) is 10.7. The largest absolute Gasteiger partial charge is 0.322 e. The minimum atomic E-state index is -1.63. The predicted molar refractivity (Wildman–Crippen MR) is 88.0 cm³/mol. The van der Waals surface area contributed by atoms with E-state index in [0.717, 1.165) is 17.7 Å². The lowest BCUT2D eigenvalue weighted by Crippen LogP contribution is -2.30. The zero-order valence-electron chi connectivity index (χ0n) is 12.3. The second-order valence-electron chi connectivity index (χ2n) is 4.93. The lowest BCUT2D eigenvalue weighted by atomic mass is 10.1. The summed E-state index contributed by atoms with van der Waals surface area (Å²) in [5.74, 6) is -4.96. The minimum absolute atomic E-state index is 0.121. The van der Waals surface area contributed by atoms with Gasteiger partial charge in [0.2, 0.25) is 5.91 Å². The fourth-order valence-electron chi connectivity index (χ4n) is 1.97. The summed E-state index contributed by atoms with van der Waals surface area (Å²) in [5, 5.41) is 6.07.